The van der Waals surface area contributed by atoms with Crippen LogP contribution < -0.4 is 16.0 Å². The molecule has 3 N–H and O–H groups in total. The third kappa shape index (κ3) is 7.83. The summed E-state index contributed by atoms with van der Waals surface area (Å²) in [5.74, 6) is 0.786. The summed E-state index contributed by atoms with van der Waals surface area (Å²) in [6.45, 7) is 13.6. The number of carbonyl (C=O) groups excluding carboxylic acids is 1. The van der Waals surface area contributed by atoms with E-state index in [9.17, 15) is 4.79 Å². The first-order valence-electron chi connectivity index (χ1n) is 8.34. The smallest absolute Gasteiger partial charge is 0.227 e. The van der Waals surface area contributed by atoms with Gasteiger partial charge in [0, 0.05) is 46.3 Å². The third-order valence-electron chi connectivity index (χ3n) is 4.19. The van der Waals surface area contributed by atoms with E-state index in [1.165, 1.54) is 5.57 Å². The zero-order chi connectivity index (χ0) is 17.5. The summed E-state index contributed by atoms with van der Waals surface area (Å²) >= 11 is 0. The van der Waals surface area contributed by atoms with Crippen LogP contribution in [0.1, 0.15) is 33.6 Å². The van der Waals surface area contributed by atoms with Gasteiger partial charge in [0.05, 0.1) is 5.41 Å². The van der Waals surface area contributed by atoms with E-state index in [1.54, 1.807) is 14.1 Å². The van der Waals surface area contributed by atoms with Crippen molar-refractivity contribution >= 4 is 35.8 Å². The molecule has 7 heteroatoms. The van der Waals surface area contributed by atoms with Crippen molar-refractivity contribution in [1.29, 1.82) is 0 Å². The first-order chi connectivity index (χ1) is 10.8. The predicted molar refractivity (Wildman–Crippen MR) is 112 cm³/mol. The molecule has 0 spiro atoms. The number of piperidine rings is 1. The van der Waals surface area contributed by atoms with E-state index in [0.717, 1.165) is 38.4 Å². The number of carbonyl (C=O) groups is 1. The Morgan fingerprint density at radius 2 is 1.92 bits per heavy atom. The molecule has 1 fully saturated rings. The number of nitrogens with zero attached hydrogens (tertiary/aromatic N) is 2. The van der Waals surface area contributed by atoms with Crippen LogP contribution in [0.3, 0.4) is 0 Å². The molecule has 0 bridgehead atoms. The number of aliphatic imine (C=N–C) groups is 1. The van der Waals surface area contributed by atoms with Gasteiger partial charge in [0.2, 0.25) is 5.91 Å². The molecule has 1 saturated heterocycles. The first kappa shape index (κ1) is 23.2. The van der Waals surface area contributed by atoms with E-state index < -0.39 is 5.41 Å². The molecular weight excluding hydrogens is 417 g/mol. The number of likely N-dealkylation sites (tertiary alicyclic amines) is 1. The van der Waals surface area contributed by atoms with Crippen LogP contribution in [-0.4, -0.2) is 63.1 Å². The average Bonchev–Trinajstić information content (AvgIpc) is 2.51. The van der Waals surface area contributed by atoms with Crippen molar-refractivity contribution in [3.05, 3.63) is 12.2 Å². The van der Waals surface area contributed by atoms with Gasteiger partial charge in [0.15, 0.2) is 5.96 Å². The average molecular weight is 451 g/mol. The molecule has 6 nitrogen and oxygen atoms in total. The second-order valence-corrected chi connectivity index (χ2v) is 7.04. The highest BCUT2D eigenvalue weighted by Gasteiger charge is 2.27. The number of rotatable bonds is 6. The molecule has 1 aliphatic rings. The Hall–Kier alpha value is -0.830. The molecule has 1 amide bonds. The van der Waals surface area contributed by atoms with Gasteiger partial charge in [-0.2, -0.15) is 0 Å². The molecule has 140 valence electrons. The number of guanidine groups is 1. The van der Waals surface area contributed by atoms with Crippen LogP contribution in [0.2, 0.25) is 0 Å². The number of hydrogen-bond acceptors (Lipinski definition) is 3. The predicted octanol–water partition coefficient (Wildman–Crippen LogP) is 1.58. The van der Waals surface area contributed by atoms with Gasteiger partial charge in [-0.25, -0.2) is 0 Å². The summed E-state index contributed by atoms with van der Waals surface area (Å²) in [6.07, 6.45) is 2.18. The maximum absolute atomic E-state index is 11.8. The van der Waals surface area contributed by atoms with Crippen molar-refractivity contribution in [2.24, 2.45) is 10.4 Å². The quantitative estimate of drug-likeness (QED) is 0.248. The van der Waals surface area contributed by atoms with E-state index in [2.05, 4.69) is 39.3 Å². The Bertz CT molecular complexity index is 442. The van der Waals surface area contributed by atoms with Crippen LogP contribution in [-0.2, 0) is 4.79 Å². The molecule has 1 heterocycles. The Morgan fingerprint density at radius 1 is 1.33 bits per heavy atom. The monoisotopic (exact) mass is 451 g/mol. The highest BCUT2D eigenvalue weighted by atomic mass is 127. The minimum atomic E-state index is -0.475. The highest BCUT2D eigenvalue weighted by molar-refractivity contribution is 14.0. The summed E-state index contributed by atoms with van der Waals surface area (Å²) < 4.78 is 0. The third-order valence-corrected chi connectivity index (χ3v) is 4.19. The Kier molecular flexibility index (Phi) is 10.5. The second-order valence-electron chi connectivity index (χ2n) is 7.04. The van der Waals surface area contributed by atoms with Crippen molar-refractivity contribution in [2.45, 2.75) is 39.7 Å². The van der Waals surface area contributed by atoms with Gasteiger partial charge in [-0.15, -0.1) is 24.0 Å². The Morgan fingerprint density at radius 3 is 2.38 bits per heavy atom. The lowest BCUT2D eigenvalue weighted by molar-refractivity contribution is -0.128. The highest BCUT2D eigenvalue weighted by Crippen LogP contribution is 2.14. The largest absolute Gasteiger partial charge is 0.359 e. The number of halogens is 1. The SMILES string of the molecule is C=C(C)CN1CCC(NC(=NC)NCC(C)(C)C(=O)NC)CC1.I. The molecule has 1 aliphatic heterocycles. The lowest BCUT2D eigenvalue weighted by Gasteiger charge is -2.33. The van der Waals surface area contributed by atoms with Gasteiger partial charge in [-0.1, -0.05) is 12.2 Å². The van der Waals surface area contributed by atoms with Crippen LogP contribution in [0.25, 0.3) is 0 Å². The normalized spacial score (nSPS) is 17.0. The van der Waals surface area contributed by atoms with Crippen LogP contribution in [0.5, 0.6) is 0 Å². The summed E-state index contributed by atoms with van der Waals surface area (Å²) in [4.78, 5) is 18.5. The van der Waals surface area contributed by atoms with Gasteiger partial charge in [0.25, 0.3) is 0 Å². The molecule has 24 heavy (non-hydrogen) atoms. The van der Waals surface area contributed by atoms with E-state index in [0.29, 0.717) is 12.6 Å². The fourth-order valence-electron chi connectivity index (χ4n) is 2.73. The molecular formula is C17H34IN5O. The van der Waals surface area contributed by atoms with Crippen LogP contribution in [0.4, 0.5) is 0 Å². The van der Waals surface area contributed by atoms with Crippen molar-refractivity contribution in [1.82, 2.24) is 20.9 Å². The molecule has 0 radical (unpaired) electrons. The standard InChI is InChI=1S/C17H33N5O.HI/c1-13(2)11-22-9-7-14(8-10-22)21-16(19-6)20-12-17(3,4)15(23)18-5;/h14H,1,7-12H2,2-6H3,(H,18,23)(H2,19,20,21);1H. The molecule has 0 aromatic rings. The molecule has 0 unspecified atom stereocenters. The minimum Gasteiger partial charge on any atom is -0.359 e. The lowest BCUT2D eigenvalue weighted by atomic mass is 9.92. The van der Waals surface area contributed by atoms with Gasteiger partial charge in [-0.05, 0) is 33.6 Å². The summed E-state index contributed by atoms with van der Waals surface area (Å²) in [6, 6.07) is 0.422. The molecule has 0 atom stereocenters. The minimum absolute atomic E-state index is 0. The zero-order valence-electron chi connectivity index (χ0n) is 15.7. The van der Waals surface area contributed by atoms with Gasteiger partial charge in [0.1, 0.15) is 0 Å². The summed E-state index contributed by atoms with van der Waals surface area (Å²) in [7, 11) is 3.42. The van der Waals surface area contributed by atoms with Crippen molar-refractivity contribution in [2.75, 3.05) is 40.3 Å². The number of nitrogens with one attached hydrogen (secondary N) is 3. The number of amides is 1. The molecule has 0 saturated carbocycles. The van der Waals surface area contributed by atoms with Crippen LogP contribution in [0, 0.1) is 5.41 Å². The van der Waals surface area contributed by atoms with Crippen LogP contribution in [0.15, 0.2) is 17.1 Å². The summed E-state index contributed by atoms with van der Waals surface area (Å²) in [5, 5.41) is 9.43. The molecule has 0 aromatic heterocycles. The van der Waals surface area contributed by atoms with Gasteiger partial charge in [-0.3, -0.25) is 14.7 Å². The Balaban J connectivity index is 0.00000529. The second kappa shape index (κ2) is 10.9. The van der Waals surface area contributed by atoms with Crippen molar-refractivity contribution in [3.8, 4) is 0 Å². The number of hydrogen-bond donors (Lipinski definition) is 3. The first-order valence-corrected chi connectivity index (χ1v) is 8.34. The Labute approximate surface area is 163 Å². The molecule has 0 aliphatic carbocycles. The molecule has 0 aromatic carbocycles. The maximum atomic E-state index is 11.8. The van der Waals surface area contributed by atoms with E-state index in [4.69, 9.17) is 0 Å². The topological polar surface area (TPSA) is 68.8 Å². The van der Waals surface area contributed by atoms with Crippen LogP contribution >= 0.6 is 24.0 Å². The maximum Gasteiger partial charge on any atom is 0.227 e. The lowest BCUT2D eigenvalue weighted by Crippen LogP contribution is -2.51. The van der Waals surface area contributed by atoms with E-state index in [-0.39, 0.29) is 29.9 Å². The van der Waals surface area contributed by atoms with Crippen molar-refractivity contribution < 1.29 is 4.79 Å². The zero-order valence-corrected chi connectivity index (χ0v) is 18.1. The molecule has 1 rings (SSSR count). The van der Waals surface area contributed by atoms with Crippen molar-refractivity contribution in [3.63, 3.8) is 0 Å². The van der Waals surface area contributed by atoms with Gasteiger partial charge < -0.3 is 16.0 Å². The van der Waals surface area contributed by atoms with E-state index in [1.807, 2.05) is 13.8 Å². The summed E-state index contributed by atoms with van der Waals surface area (Å²) in [5.41, 5.74) is 0.738. The fraction of sp³-hybridized carbons (Fsp3) is 0.765. The van der Waals surface area contributed by atoms with E-state index >= 15 is 0 Å². The fourth-order valence-corrected chi connectivity index (χ4v) is 2.73. The van der Waals surface area contributed by atoms with Gasteiger partial charge >= 0.3 is 0 Å².